The molecular weight excluding hydrogens is 422 g/mol. The molecule has 0 bridgehead atoms. The van der Waals surface area contributed by atoms with Crippen molar-refractivity contribution in [3.8, 4) is 17.2 Å². The minimum absolute atomic E-state index is 0.0108. The minimum atomic E-state index is -3.01. The summed E-state index contributed by atoms with van der Waals surface area (Å²) in [5.74, 6) is -1.66. The van der Waals surface area contributed by atoms with Crippen LogP contribution in [0.4, 0.5) is 14.5 Å². The number of benzene rings is 2. The van der Waals surface area contributed by atoms with Crippen LogP contribution >= 0.6 is 0 Å². The Balaban J connectivity index is 1.98. The molecule has 0 saturated heterocycles. The lowest BCUT2D eigenvalue weighted by atomic mass is 10.2. The van der Waals surface area contributed by atoms with E-state index in [1.807, 2.05) is 0 Å². The lowest BCUT2D eigenvalue weighted by molar-refractivity contribution is -0.385. The van der Waals surface area contributed by atoms with E-state index in [0.29, 0.717) is 5.56 Å². The number of halogens is 2. The van der Waals surface area contributed by atoms with Crippen LogP contribution in [-0.2, 0) is 16.1 Å². The van der Waals surface area contributed by atoms with E-state index in [1.54, 1.807) is 0 Å². The number of esters is 1. The van der Waals surface area contributed by atoms with E-state index in [9.17, 15) is 28.5 Å². The highest BCUT2D eigenvalue weighted by Crippen LogP contribution is 2.30. The molecule has 0 unspecified atom stereocenters. The van der Waals surface area contributed by atoms with Crippen molar-refractivity contribution in [2.45, 2.75) is 13.2 Å². The van der Waals surface area contributed by atoms with Gasteiger partial charge in [0, 0.05) is 12.6 Å². The quantitative estimate of drug-likeness (QED) is 0.340. The fourth-order valence-corrected chi connectivity index (χ4v) is 2.44. The summed E-state index contributed by atoms with van der Waals surface area (Å²) in [5, 5.41) is 13.7. The number of ether oxygens (including phenoxy) is 4. The van der Waals surface area contributed by atoms with E-state index in [4.69, 9.17) is 9.47 Å². The highest BCUT2D eigenvalue weighted by molar-refractivity contribution is 5.90. The molecule has 0 saturated carbocycles. The van der Waals surface area contributed by atoms with Crippen LogP contribution in [-0.4, -0.2) is 44.2 Å². The molecule has 2 aromatic carbocycles. The third-order valence-corrected chi connectivity index (χ3v) is 3.87. The Labute approximate surface area is 174 Å². The number of nitro groups is 1. The van der Waals surface area contributed by atoms with E-state index in [1.165, 1.54) is 37.4 Å². The molecule has 1 amide bonds. The Bertz CT molecular complexity index is 968. The number of nitrogens with zero attached hydrogens (tertiary/aromatic N) is 1. The average Bonchev–Trinajstić information content (AvgIpc) is 2.75. The summed E-state index contributed by atoms with van der Waals surface area (Å²) in [6, 6.07) is 7.57. The van der Waals surface area contributed by atoms with E-state index >= 15 is 0 Å². The first-order valence-corrected chi connectivity index (χ1v) is 8.63. The van der Waals surface area contributed by atoms with Crippen molar-refractivity contribution in [1.82, 2.24) is 5.32 Å². The number of methoxy groups -OCH3 is 2. The topological polar surface area (TPSA) is 126 Å². The van der Waals surface area contributed by atoms with Crippen molar-refractivity contribution in [3.63, 3.8) is 0 Å². The van der Waals surface area contributed by atoms with Gasteiger partial charge in [0.2, 0.25) is 0 Å². The number of rotatable bonds is 10. The third kappa shape index (κ3) is 6.52. The molecule has 1 N–H and O–H groups in total. The molecule has 0 aliphatic rings. The fraction of sp³-hybridized carbons (Fsp3) is 0.263. The van der Waals surface area contributed by atoms with Crippen LogP contribution < -0.4 is 19.5 Å². The molecule has 12 heteroatoms. The number of hydrogen-bond donors (Lipinski definition) is 1. The van der Waals surface area contributed by atoms with Crippen LogP contribution in [0.5, 0.6) is 17.2 Å². The van der Waals surface area contributed by atoms with Crippen LogP contribution in [0.3, 0.4) is 0 Å². The van der Waals surface area contributed by atoms with Gasteiger partial charge >= 0.3 is 18.3 Å². The van der Waals surface area contributed by atoms with Gasteiger partial charge in [-0.05, 0) is 29.8 Å². The second kappa shape index (κ2) is 10.7. The van der Waals surface area contributed by atoms with Gasteiger partial charge in [0.25, 0.3) is 5.91 Å². The maximum Gasteiger partial charge on any atom is 0.387 e. The van der Waals surface area contributed by atoms with Gasteiger partial charge in [-0.3, -0.25) is 14.9 Å². The molecular formula is C19H18F2N2O8. The second-order valence-corrected chi connectivity index (χ2v) is 5.86. The lowest BCUT2D eigenvalue weighted by Gasteiger charge is -2.12. The maximum absolute atomic E-state index is 12.4. The summed E-state index contributed by atoms with van der Waals surface area (Å²) in [6.45, 7) is -3.54. The number of amides is 1. The Morgan fingerprint density at radius 3 is 2.42 bits per heavy atom. The first-order chi connectivity index (χ1) is 14.7. The predicted octanol–water partition coefficient (Wildman–Crippen LogP) is 2.69. The van der Waals surface area contributed by atoms with Crippen LogP contribution in [0.25, 0.3) is 0 Å². The summed E-state index contributed by atoms with van der Waals surface area (Å²) >= 11 is 0. The smallest absolute Gasteiger partial charge is 0.387 e. The van der Waals surface area contributed by atoms with Crippen LogP contribution in [0.1, 0.15) is 15.9 Å². The van der Waals surface area contributed by atoms with Gasteiger partial charge in [0.05, 0.1) is 24.7 Å². The number of carbonyl (C=O) groups is 2. The molecule has 166 valence electrons. The van der Waals surface area contributed by atoms with Crippen molar-refractivity contribution in [1.29, 1.82) is 0 Å². The summed E-state index contributed by atoms with van der Waals surface area (Å²) in [4.78, 5) is 34.0. The summed E-state index contributed by atoms with van der Waals surface area (Å²) in [5.41, 5.74) is -0.0190. The number of carbonyl (C=O) groups excluding carboxylic acids is 2. The third-order valence-electron chi connectivity index (χ3n) is 3.87. The average molecular weight is 440 g/mol. The largest absolute Gasteiger partial charge is 0.493 e. The zero-order chi connectivity index (χ0) is 23.0. The highest BCUT2D eigenvalue weighted by Gasteiger charge is 2.20. The molecule has 0 fully saturated rings. The van der Waals surface area contributed by atoms with Crippen molar-refractivity contribution in [3.05, 3.63) is 57.6 Å². The Kier molecular flexibility index (Phi) is 8.06. The van der Waals surface area contributed by atoms with Gasteiger partial charge in [-0.1, -0.05) is 6.07 Å². The summed E-state index contributed by atoms with van der Waals surface area (Å²) in [7, 11) is 2.42. The highest BCUT2D eigenvalue weighted by atomic mass is 19.3. The molecule has 0 aliphatic heterocycles. The van der Waals surface area contributed by atoms with Crippen LogP contribution in [0.15, 0.2) is 36.4 Å². The molecule has 10 nitrogen and oxygen atoms in total. The van der Waals surface area contributed by atoms with Crippen molar-refractivity contribution in [2.75, 3.05) is 20.8 Å². The molecule has 0 aliphatic carbocycles. The number of hydrogen-bond acceptors (Lipinski definition) is 8. The fourth-order valence-electron chi connectivity index (χ4n) is 2.44. The Hall–Kier alpha value is -3.96. The second-order valence-electron chi connectivity index (χ2n) is 5.86. The first kappa shape index (κ1) is 23.3. The Morgan fingerprint density at radius 2 is 1.81 bits per heavy atom. The van der Waals surface area contributed by atoms with Crippen LogP contribution in [0.2, 0.25) is 0 Å². The van der Waals surface area contributed by atoms with E-state index in [-0.39, 0.29) is 29.4 Å². The minimum Gasteiger partial charge on any atom is -0.493 e. The van der Waals surface area contributed by atoms with Crippen molar-refractivity contribution < 1.29 is 42.2 Å². The summed E-state index contributed by atoms with van der Waals surface area (Å²) < 4.78 is 43.7. The lowest BCUT2D eigenvalue weighted by Crippen LogP contribution is -2.28. The zero-order valence-corrected chi connectivity index (χ0v) is 16.4. The standard InChI is InChI=1S/C19H18F2N2O8/c1-28-16-7-11(3-5-15(16)31-19(20)21)9-22-17(24)10-30-14-6-4-12(18(25)29-2)8-13(14)23(26)27/h3-8,19H,9-10H2,1-2H3,(H,22,24). The molecule has 0 aromatic heterocycles. The van der Waals surface area contributed by atoms with Crippen molar-refractivity contribution >= 4 is 17.6 Å². The number of alkyl halides is 2. The van der Waals surface area contributed by atoms with Gasteiger partial charge in [-0.25, -0.2) is 4.79 Å². The first-order valence-electron chi connectivity index (χ1n) is 8.63. The van der Waals surface area contributed by atoms with Crippen LogP contribution in [0, 0.1) is 10.1 Å². The summed E-state index contributed by atoms with van der Waals surface area (Å²) in [6.07, 6.45) is 0. The molecule has 0 spiro atoms. The van der Waals surface area contributed by atoms with Gasteiger partial charge < -0.3 is 24.3 Å². The monoisotopic (exact) mass is 440 g/mol. The Morgan fingerprint density at radius 1 is 1.10 bits per heavy atom. The van der Waals surface area contributed by atoms with E-state index in [0.717, 1.165) is 13.2 Å². The SMILES string of the molecule is COC(=O)c1ccc(OCC(=O)NCc2ccc(OC(F)F)c(OC)c2)c([N+](=O)[O-])c1. The zero-order valence-electron chi connectivity index (χ0n) is 16.4. The van der Waals surface area contributed by atoms with Gasteiger partial charge in [0.15, 0.2) is 23.9 Å². The number of nitro benzene ring substituents is 1. The maximum atomic E-state index is 12.4. The molecule has 2 aromatic rings. The molecule has 2 rings (SSSR count). The van der Waals surface area contributed by atoms with E-state index in [2.05, 4.69) is 14.8 Å². The predicted molar refractivity (Wildman–Crippen MR) is 101 cm³/mol. The number of nitrogens with one attached hydrogen (secondary N) is 1. The van der Waals surface area contributed by atoms with Gasteiger partial charge in [-0.2, -0.15) is 8.78 Å². The van der Waals surface area contributed by atoms with Crippen molar-refractivity contribution in [2.24, 2.45) is 0 Å². The van der Waals surface area contributed by atoms with Gasteiger partial charge in [0.1, 0.15) is 0 Å². The van der Waals surface area contributed by atoms with E-state index < -0.39 is 35.7 Å². The molecule has 0 heterocycles. The molecule has 0 radical (unpaired) electrons. The molecule has 31 heavy (non-hydrogen) atoms. The van der Waals surface area contributed by atoms with Gasteiger partial charge in [-0.15, -0.1) is 0 Å². The normalized spacial score (nSPS) is 10.4. The molecule has 0 atom stereocenters.